The zero-order chi connectivity index (χ0) is 18.4. The second-order valence-electron chi connectivity index (χ2n) is 5.20. The number of aliphatic hydroxyl groups excluding tert-OH is 4. The molecule has 8 N–H and O–H groups in total. The topological polar surface area (TPSA) is 213 Å². The summed E-state index contributed by atoms with van der Waals surface area (Å²) >= 11 is 0. The van der Waals surface area contributed by atoms with E-state index < -0.39 is 73.6 Å². The van der Waals surface area contributed by atoms with Gasteiger partial charge in [0, 0.05) is 0 Å². The van der Waals surface area contributed by atoms with Crippen molar-refractivity contribution in [3.63, 3.8) is 0 Å². The van der Waals surface area contributed by atoms with Crippen LogP contribution in [-0.4, -0.2) is 89.8 Å². The molecule has 23 heavy (non-hydrogen) atoms. The normalized spacial score (nSPS) is 19.2. The number of hydrogen-bond acceptors (Lipinski definition) is 8. The van der Waals surface area contributed by atoms with Crippen LogP contribution in [0, 0.1) is 5.41 Å². The highest BCUT2D eigenvalue weighted by Gasteiger charge is 2.63. The highest BCUT2D eigenvalue weighted by molar-refractivity contribution is 5.92. The van der Waals surface area contributed by atoms with E-state index in [9.17, 15) is 39.9 Å². The Hall–Kier alpha value is -1.79. The molecule has 0 radical (unpaired) electrons. The van der Waals surface area contributed by atoms with Crippen molar-refractivity contribution in [3.8, 4) is 0 Å². The van der Waals surface area contributed by atoms with E-state index in [1.54, 1.807) is 0 Å². The molecule has 0 fully saturated rings. The van der Waals surface area contributed by atoms with Crippen molar-refractivity contribution in [3.05, 3.63) is 0 Å². The summed E-state index contributed by atoms with van der Waals surface area (Å²) in [5.74, 6) is -6.04. The molecule has 0 saturated heterocycles. The van der Waals surface area contributed by atoms with E-state index in [1.165, 1.54) is 0 Å². The number of hydrogen-bond donors (Lipinski definition) is 8. The van der Waals surface area contributed by atoms with Gasteiger partial charge in [0.2, 0.25) is 0 Å². The summed E-state index contributed by atoms with van der Waals surface area (Å²) in [4.78, 5) is 33.9. The largest absolute Gasteiger partial charge is 0.481 e. The molecule has 0 saturated carbocycles. The van der Waals surface area contributed by atoms with Crippen molar-refractivity contribution in [2.75, 3.05) is 13.2 Å². The first-order valence-electron chi connectivity index (χ1n) is 6.45. The lowest BCUT2D eigenvalue weighted by atomic mass is 9.63. The third kappa shape index (κ3) is 4.59. The molecular formula is C12H20O11. The Bertz CT molecular complexity index is 436. The lowest BCUT2D eigenvalue weighted by Crippen LogP contribution is -2.61. The number of carboxylic acids is 3. The van der Waals surface area contributed by atoms with Crippen molar-refractivity contribution >= 4 is 17.9 Å². The zero-order valence-corrected chi connectivity index (χ0v) is 12.0. The van der Waals surface area contributed by atoms with Crippen LogP contribution < -0.4 is 0 Å². The fourth-order valence-electron chi connectivity index (χ4n) is 2.37. The van der Waals surface area contributed by atoms with Gasteiger partial charge >= 0.3 is 17.9 Å². The number of aliphatic hydroxyl groups is 5. The van der Waals surface area contributed by atoms with Gasteiger partial charge in [-0.3, -0.25) is 9.59 Å². The average molecular weight is 340 g/mol. The van der Waals surface area contributed by atoms with Gasteiger partial charge in [-0.25, -0.2) is 4.79 Å². The third-order valence-electron chi connectivity index (χ3n) is 3.55. The predicted molar refractivity (Wildman–Crippen MR) is 70.3 cm³/mol. The van der Waals surface area contributed by atoms with Crippen LogP contribution >= 0.6 is 0 Å². The van der Waals surface area contributed by atoms with Gasteiger partial charge < -0.3 is 40.9 Å². The first-order valence-corrected chi connectivity index (χ1v) is 6.45. The summed E-state index contributed by atoms with van der Waals surface area (Å²) in [7, 11) is 0. The maximum absolute atomic E-state index is 11.7. The van der Waals surface area contributed by atoms with Crippen molar-refractivity contribution < 1.29 is 55.2 Å². The number of carbonyl (C=O) groups is 3. The maximum atomic E-state index is 11.7. The molecule has 11 heteroatoms. The van der Waals surface area contributed by atoms with E-state index in [1.807, 2.05) is 0 Å². The van der Waals surface area contributed by atoms with Gasteiger partial charge in [-0.05, 0) is 12.8 Å². The molecule has 0 aromatic carbocycles. The van der Waals surface area contributed by atoms with Gasteiger partial charge in [0.1, 0.15) is 5.41 Å². The molecule has 3 unspecified atom stereocenters. The van der Waals surface area contributed by atoms with Crippen LogP contribution in [0.4, 0.5) is 0 Å². The standard InChI is InChI=1S/C12H20O11/c13-4-6(15)1-11(9(19)20,2-7(16)5-14)12(23,10(21)22)3-8(17)18/h6-7,13-16,23H,1-5H2,(H,17,18)(H,19,20)(H,21,22). The molecule has 0 aliphatic carbocycles. The second-order valence-corrected chi connectivity index (χ2v) is 5.20. The molecule has 0 spiro atoms. The molecular weight excluding hydrogens is 320 g/mol. The molecule has 134 valence electrons. The molecule has 0 rings (SSSR count). The van der Waals surface area contributed by atoms with Gasteiger partial charge in [-0.2, -0.15) is 0 Å². The van der Waals surface area contributed by atoms with Crippen LogP contribution in [0.3, 0.4) is 0 Å². The van der Waals surface area contributed by atoms with E-state index in [2.05, 4.69) is 0 Å². The molecule has 0 aliphatic rings. The van der Waals surface area contributed by atoms with Crippen LogP contribution in [0.25, 0.3) is 0 Å². The minimum Gasteiger partial charge on any atom is -0.481 e. The van der Waals surface area contributed by atoms with Gasteiger partial charge in [0.05, 0.1) is 31.8 Å². The van der Waals surface area contributed by atoms with E-state index >= 15 is 0 Å². The Kier molecular flexibility index (Phi) is 7.54. The van der Waals surface area contributed by atoms with Gasteiger partial charge in [-0.15, -0.1) is 0 Å². The summed E-state index contributed by atoms with van der Waals surface area (Å²) in [6.07, 6.45) is -7.28. The quantitative estimate of drug-likeness (QED) is 0.188. The van der Waals surface area contributed by atoms with Crippen molar-refractivity contribution in [1.82, 2.24) is 0 Å². The lowest BCUT2D eigenvalue weighted by molar-refractivity contribution is -0.202. The monoisotopic (exact) mass is 340 g/mol. The van der Waals surface area contributed by atoms with E-state index in [0.29, 0.717) is 0 Å². The highest BCUT2D eigenvalue weighted by Crippen LogP contribution is 2.44. The summed E-state index contributed by atoms with van der Waals surface area (Å²) < 4.78 is 0. The molecule has 0 aromatic heterocycles. The van der Waals surface area contributed by atoms with E-state index in [4.69, 9.17) is 15.3 Å². The Morgan fingerprint density at radius 3 is 1.43 bits per heavy atom. The fourth-order valence-corrected chi connectivity index (χ4v) is 2.37. The molecule has 0 heterocycles. The van der Waals surface area contributed by atoms with E-state index in [0.717, 1.165) is 0 Å². The number of carboxylic acid groups (broad SMARTS) is 3. The molecule has 0 amide bonds. The minimum absolute atomic E-state index is 0.993. The molecule has 0 aromatic rings. The van der Waals surface area contributed by atoms with Gasteiger partial charge in [0.25, 0.3) is 0 Å². The highest BCUT2D eigenvalue weighted by atomic mass is 16.4. The van der Waals surface area contributed by atoms with Crippen LogP contribution in [0.15, 0.2) is 0 Å². The maximum Gasteiger partial charge on any atom is 0.337 e. The van der Waals surface area contributed by atoms with Crippen molar-refractivity contribution in [2.24, 2.45) is 5.41 Å². The van der Waals surface area contributed by atoms with Crippen molar-refractivity contribution in [2.45, 2.75) is 37.1 Å². The SMILES string of the molecule is O=C(O)CC(O)(C(=O)O)C(CC(O)CO)(CC(O)CO)C(=O)O. The summed E-state index contributed by atoms with van der Waals surface area (Å²) in [5, 5.41) is 74.4. The number of aliphatic carboxylic acids is 3. The van der Waals surface area contributed by atoms with Crippen LogP contribution in [0.2, 0.25) is 0 Å². The molecule has 11 nitrogen and oxygen atoms in total. The summed E-state index contributed by atoms with van der Waals surface area (Å²) in [6, 6.07) is 0. The average Bonchev–Trinajstić information content (AvgIpc) is 2.44. The Balaban J connectivity index is 6.26. The smallest absolute Gasteiger partial charge is 0.337 e. The Labute approximate surface area is 130 Å². The lowest BCUT2D eigenvalue weighted by Gasteiger charge is -2.42. The van der Waals surface area contributed by atoms with Crippen LogP contribution in [-0.2, 0) is 14.4 Å². The molecule has 0 aliphatic heterocycles. The fraction of sp³-hybridized carbons (Fsp3) is 0.750. The van der Waals surface area contributed by atoms with Gasteiger partial charge in [-0.1, -0.05) is 0 Å². The Morgan fingerprint density at radius 2 is 1.22 bits per heavy atom. The van der Waals surface area contributed by atoms with Gasteiger partial charge in [0.15, 0.2) is 5.60 Å². The van der Waals surface area contributed by atoms with Crippen LogP contribution in [0.5, 0.6) is 0 Å². The van der Waals surface area contributed by atoms with Crippen LogP contribution in [0.1, 0.15) is 19.3 Å². The minimum atomic E-state index is -3.41. The summed E-state index contributed by atoms with van der Waals surface area (Å²) in [6.45, 7) is -1.99. The van der Waals surface area contributed by atoms with E-state index in [-0.39, 0.29) is 0 Å². The first kappa shape index (κ1) is 21.2. The second kappa shape index (κ2) is 8.17. The summed E-state index contributed by atoms with van der Waals surface area (Å²) in [5.41, 5.74) is -6.28. The van der Waals surface area contributed by atoms with Crippen molar-refractivity contribution in [1.29, 1.82) is 0 Å². The number of rotatable bonds is 11. The third-order valence-corrected chi connectivity index (χ3v) is 3.55. The molecule has 3 atom stereocenters. The Morgan fingerprint density at radius 1 is 0.826 bits per heavy atom. The zero-order valence-electron chi connectivity index (χ0n) is 12.0. The first-order chi connectivity index (χ1) is 10.5. The predicted octanol–water partition coefficient (Wildman–Crippen LogP) is -3.17. The molecule has 0 bridgehead atoms.